The largest absolute Gasteiger partial charge is 0.396 e. The molecule has 0 spiro atoms. The van der Waals surface area contributed by atoms with Crippen LogP contribution in [0, 0.1) is 5.41 Å². The second-order valence-electron chi connectivity index (χ2n) is 6.93. The van der Waals surface area contributed by atoms with Crippen LogP contribution < -0.4 is 0 Å². The maximum Gasteiger partial charge on any atom is 0.0648 e. The van der Waals surface area contributed by atoms with E-state index in [0.717, 1.165) is 12.8 Å². The maximum atomic E-state index is 9.42. The molecule has 0 atom stereocenters. The molecule has 4 nitrogen and oxygen atoms in total. The van der Waals surface area contributed by atoms with E-state index in [2.05, 4.69) is 20.8 Å². The molecule has 4 heteroatoms. The summed E-state index contributed by atoms with van der Waals surface area (Å²) in [6, 6.07) is 0. The number of ether oxygens (including phenoxy) is 2. The minimum absolute atomic E-state index is 0.0601. The minimum Gasteiger partial charge on any atom is -0.396 e. The number of aliphatic hydroxyl groups is 2. The van der Waals surface area contributed by atoms with Gasteiger partial charge in [0.15, 0.2) is 0 Å². The molecule has 0 aliphatic carbocycles. The Bertz CT molecular complexity index is 249. The Morgan fingerprint density at radius 2 is 1.35 bits per heavy atom. The maximum absolute atomic E-state index is 9.42. The molecular weight excluding hydrogens is 256 g/mol. The van der Waals surface area contributed by atoms with Crippen molar-refractivity contribution in [1.82, 2.24) is 0 Å². The summed E-state index contributed by atoms with van der Waals surface area (Å²) in [5.74, 6) is 0. The molecule has 0 aliphatic heterocycles. The first-order valence-corrected chi connectivity index (χ1v) is 7.65. The van der Waals surface area contributed by atoms with E-state index >= 15 is 0 Å². The first-order valence-electron chi connectivity index (χ1n) is 7.65. The van der Waals surface area contributed by atoms with Crippen LogP contribution in [0.2, 0.25) is 0 Å². The smallest absolute Gasteiger partial charge is 0.0648 e. The molecule has 20 heavy (non-hydrogen) atoms. The summed E-state index contributed by atoms with van der Waals surface area (Å²) < 4.78 is 11.8. The van der Waals surface area contributed by atoms with Gasteiger partial charge in [-0.3, -0.25) is 0 Å². The zero-order valence-corrected chi connectivity index (χ0v) is 14.2. The normalized spacial score (nSPS) is 13.8. The van der Waals surface area contributed by atoms with Crippen molar-refractivity contribution in [2.24, 2.45) is 5.41 Å². The van der Waals surface area contributed by atoms with Gasteiger partial charge in [-0.05, 0) is 47.0 Å². The van der Waals surface area contributed by atoms with Gasteiger partial charge in [-0.15, -0.1) is 0 Å². The zero-order chi connectivity index (χ0) is 15.9. The van der Waals surface area contributed by atoms with Crippen molar-refractivity contribution < 1.29 is 19.7 Å². The lowest BCUT2D eigenvalue weighted by molar-refractivity contribution is -0.113. The predicted octanol–water partition coefficient (Wildman–Crippen LogP) is 2.76. The minimum atomic E-state index is -0.541. The lowest BCUT2D eigenvalue weighted by atomic mass is 9.88. The van der Waals surface area contributed by atoms with Crippen molar-refractivity contribution in [3.63, 3.8) is 0 Å². The van der Waals surface area contributed by atoms with Crippen molar-refractivity contribution in [3.8, 4) is 0 Å². The average Bonchev–Trinajstić information content (AvgIpc) is 2.40. The molecule has 0 aliphatic rings. The van der Waals surface area contributed by atoms with Crippen LogP contribution in [0.3, 0.4) is 0 Å². The van der Waals surface area contributed by atoms with Crippen molar-refractivity contribution in [2.75, 3.05) is 26.4 Å². The number of aliphatic hydroxyl groups excluding tert-OH is 2. The predicted molar refractivity (Wildman–Crippen MR) is 81.9 cm³/mol. The highest BCUT2D eigenvalue weighted by Gasteiger charge is 2.31. The van der Waals surface area contributed by atoms with Gasteiger partial charge in [0, 0.05) is 5.41 Å². The van der Waals surface area contributed by atoms with Crippen LogP contribution in [0.25, 0.3) is 0 Å². The van der Waals surface area contributed by atoms with E-state index in [-0.39, 0.29) is 24.4 Å². The highest BCUT2D eigenvalue weighted by Crippen LogP contribution is 2.26. The zero-order valence-electron chi connectivity index (χ0n) is 14.2. The van der Waals surface area contributed by atoms with Gasteiger partial charge in [0.2, 0.25) is 0 Å². The van der Waals surface area contributed by atoms with Crippen molar-refractivity contribution >= 4 is 0 Å². The molecule has 0 heterocycles. The van der Waals surface area contributed by atoms with Gasteiger partial charge in [-0.2, -0.15) is 0 Å². The lowest BCUT2D eigenvalue weighted by Crippen LogP contribution is -2.39. The summed E-state index contributed by atoms with van der Waals surface area (Å²) in [4.78, 5) is 0. The van der Waals surface area contributed by atoms with Crippen LogP contribution in [0.15, 0.2) is 0 Å². The molecule has 0 aromatic rings. The summed E-state index contributed by atoms with van der Waals surface area (Å²) >= 11 is 0. The van der Waals surface area contributed by atoms with Crippen LogP contribution in [0.4, 0.5) is 0 Å². The SMILES string of the molecule is CCC(CO)(CO)COC(C)(C)CCOC(C)(C)CC. The number of hydrogen-bond donors (Lipinski definition) is 2. The van der Waals surface area contributed by atoms with E-state index in [4.69, 9.17) is 9.47 Å². The second-order valence-corrected chi connectivity index (χ2v) is 6.93. The molecule has 0 aromatic carbocycles. The lowest BCUT2D eigenvalue weighted by Gasteiger charge is -2.34. The molecule has 0 unspecified atom stereocenters. The molecule has 0 aromatic heterocycles. The Balaban J connectivity index is 4.25. The topological polar surface area (TPSA) is 58.9 Å². The highest BCUT2D eigenvalue weighted by atomic mass is 16.5. The van der Waals surface area contributed by atoms with E-state index in [1.807, 2.05) is 20.8 Å². The van der Waals surface area contributed by atoms with Crippen molar-refractivity contribution in [2.45, 2.75) is 72.0 Å². The Hall–Kier alpha value is -0.160. The molecule has 0 rings (SSSR count). The quantitative estimate of drug-likeness (QED) is 0.614. The molecule has 2 N–H and O–H groups in total. The van der Waals surface area contributed by atoms with Gasteiger partial charge in [0.25, 0.3) is 0 Å². The van der Waals surface area contributed by atoms with E-state index in [1.165, 1.54) is 0 Å². The Morgan fingerprint density at radius 1 is 0.800 bits per heavy atom. The third-order valence-corrected chi connectivity index (χ3v) is 4.24. The molecular formula is C16H34O4. The fourth-order valence-electron chi connectivity index (χ4n) is 1.56. The van der Waals surface area contributed by atoms with Gasteiger partial charge in [0.1, 0.15) is 0 Å². The number of hydrogen-bond acceptors (Lipinski definition) is 4. The molecule has 0 fully saturated rings. The van der Waals surface area contributed by atoms with Crippen molar-refractivity contribution in [1.29, 1.82) is 0 Å². The molecule has 122 valence electrons. The summed E-state index contributed by atoms with van der Waals surface area (Å²) in [5.41, 5.74) is -0.963. The average molecular weight is 290 g/mol. The second kappa shape index (κ2) is 8.32. The highest BCUT2D eigenvalue weighted by molar-refractivity contribution is 4.79. The first-order chi connectivity index (χ1) is 9.16. The summed E-state index contributed by atoms with van der Waals surface area (Å²) in [5, 5.41) is 18.8. The summed E-state index contributed by atoms with van der Waals surface area (Å²) in [6.45, 7) is 13.2. The van der Waals surface area contributed by atoms with Crippen molar-refractivity contribution in [3.05, 3.63) is 0 Å². The Kier molecular flexibility index (Phi) is 8.26. The van der Waals surface area contributed by atoms with Gasteiger partial charge < -0.3 is 19.7 Å². The van der Waals surface area contributed by atoms with Gasteiger partial charge in [-0.25, -0.2) is 0 Å². The van der Waals surface area contributed by atoms with Gasteiger partial charge >= 0.3 is 0 Å². The van der Waals surface area contributed by atoms with Gasteiger partial charge in [-0.1, -0.05) is 13.8 Å². The fraction of sp³-hybridized carbons (Fsp3) is 1.00. The fourth-order valence-corrected chi connectivity index (χ4v) is 1.56. The third-order valence-electron chi connectivity index (χ3n) is 4.24. The third kappa shape index (κ3) is 7.02. The monoisotopic (exact) mass is 290 g/mol. The Morgan fingerprint density at radius 3 is 1.75 bits per heavy atom. The van der Waals surface area contributed by atoms with Crippen LogP contribution in [0.5, 0.6) is 0 Å². The summed E-state index contributed by atoms with van der Waals surface area (Å²) in [6.07, 6.45) is 2.45. The van der Waals surface area contributed by atoms with Crippen LogP contribution in [0.1, 0.15) is 60.8 Å². The van der Waals surface area contributed by atoms with E-state index in [0.29, 0.717) is 19.6 Å². The van der Waals surface area contributed by atoms with Gasteiger partial charge in [0.05, 0.1) is 37.6 Å². The van der Waals surface area contributed by atoms with Crippen LogP contribution in [-0.4, -0.2) is 47.8 Å². The van der Waals surface area contributed by atoms with E-state index < -0.39 is 5.41 Å². The molecule has 0 saturated carbocycles. The first kappa shape index (κ1) is 19.8. The molecule has 0 saturated heterocycles. The molecule has 0 bridgehead atoms. The summed E-state index contributed by atoms with van der Waals surface area (Å²) in [7, 11) is 0. The van der Waals surface area contributed by atoms with Crippen LogP contribution >= 0.6 is 0 Å². The van der Waals surface area contributed by atoms with Crippen LogP contribution in [-0.2, 0) is 9.47 Å². The molecule has 0 amide bonds. The number of rotatable bonds is 11. The van der Waals surface area contributed by atoms with E-state index in [1.54, 1.807) is 0 Å². The standard InChI is InChI=1S/C16H34O4/c1-7-14(3,4)19-10-9-15(5,6)20-13-16(8-2,11-17)12-18/h17-18H,7-13H2,1-6H3. The molecule has 0 radical (unpaired) electrons. The Labute approximate surface area is 124 Å². The van der Waals surface area contributed by atoms with E-state index in [9.17, 15) is 10.2 Å².